The van der Waals surface area contributed by atoms with Crippen molar-refractivity contribution in [2.24, 2.45) is 5.92 Å². The van der Waals surface area contributed by atoms with Crippen LogP contribution in [0.1, 0.15) is 49.8 Å². The van der Waals surface area contributed by atoms with Crippen LogP contribution in [0.2, 0.25) is 0 Å². The minimum atomic E-state index is -0.489. The molecule has 1 aliphatic carbocycles. The van der Waals surface area contributed by atoms with Gasteiger partial charge >= 0.3 is 6.09 Å². The molecule has 1 saturated carbocycles. The van der Waals surface area contributed by atoms with E-state index in [4.69, 9.17) is 9.47 Å². The zero-order valence-electron chi connectivity index (χ0n) is 15.0. The van der Waals surface area contributed by atoms with Crippen molar-refractivity contribution in [3.63, 3.8) is 0 Å². The van der Waals surface area contributed by atoms with Gasteiger partial charge in [0, 0.05) is 12.6 Å². The number of carbonyl (C=O) groups is 1. The Morgan fingerprint density at radius 2 is 2.04 bits per heavy atom. The molecule has 0 spiro atoms. The fourth-order valence-electron chi connectivity index (χ4n) is 4.38. The smallest absolute Gasteiger partial charge is 0.407 e. The van der Waals surface area contributed by atoms with Crippen LogP contribution in [-0.4, -0.2) is 30.9 Å². The summed E-state index contributed by atoms with van der Waals surface area (Å²) in [6, 6.07) is 5.30. The van der Waals surface area contributed by atoms with Gasteiger partial charge in [-0.15, -0.1) is 0 Å². The van der Waals surface area contributed by atoms with Crippen molar-refractivity contribution in [1.82, 2.24) is 16.2 Å². The average Bonchev–Trinajstić information content (AvgIpc) is 3.02. The van der Waals surface area contributed by atoms with Crippen LogP contribution in [0.15, 0.2) is 18.2 Å². The molecule has 1 saturated heterocycles. The van der Waals surface area contributed by atoms with E-state index < -0.39 is 6.09 Å². The maximum Gasteiger partial charge on any atom is 0.407 e. The second-order valence-electron chi connectivity index (χ2n) is 7.60. The summed E-state index contributed by atoms with van der Waals surface area (Å²) in [6.45, 7) is 2.59. The van der Waals surface area contributed by atoms with Crippen LogP contribution in [-0.2, 0) is 16.1 Å². The number of fused-ring (bicyclic) bond motifs is 4. The third kappa shape index (κ3) is 3.84. The van der Waals surface area contributed by atoms with E-state index in [1.807, 2.05) is 13.0 Å². The van der Waals surface area contributed by atoms with Crippen LogP contribution >= 0.6 is 0 Å². The van der Waals surface area contributed by atoms with Crippen molar-refractivity contribution < 1.29 is 18.7 Å². The summed E-state index contributed by atoms with van der Waals surface area (Å²) in [7, 11) is 0. The number of nitrogens with one attached hydrogen (secondary N) is 3. The number of cyclic esters (lactones) is 1. The second-order valence-corrected chi connectivity index (χ2v) is 7.60. The van der Waals surface area contributed by atoms with E-state index in [1.165, 1.54) is 6.07 Å². The van der Waals surface area contributed by atoms with E-state index in [0.29, 0.717) is 24.1 Å². The summed E-state index contributed by atoms with van der Waals surface area (Å²) in [5.74, 6) is 0.0368. The Morgan fingerprint density at radius 3 is 2.92 bits per heavy atom. The molecular weight excluding hydrogens is 337 g/mol. The van der Waals surface area contributed by atoms with E-state index in [2.05, 4.69) is 16.2 Å². The summed E-state index contributed by atoms with van der Waals surface area (Å²) in [4.78, 5) is 11.8. The van der Waals surface area contributed by atoms with Gasteiger partial charge in [-0.1, -0.05) is 6.07 Å². The van der Waals surface area contributed by atoms with Gasteiger partial charge in [-0.05, 0) is 61.8 Å². The topological polar surface area (TPSA) is 71.6 Å². The lowest BCUT2D eigenvalue weighted by Crippen LogP contribution is -2.38. The zero-order chi connectivity index (χ0) is 18.1. The maximum atomic E-state index is 14.2. The third-order valence-corrected chi connectivity index (χ3v) is 5.66. The Labute approximate surface area is 152 Å². The quantitative estimate of drug-likeness (QED) is 0.661. The highest BCUT2D eigenvalue weighted by molar-refractivity contribution is 5.67. The summed E-state index contributed by atoms with van der Waals surface area (Å²) >= 11 is 0. The first kappa shape index (κ1) is 17.7. The van der Waals surface area contributed by atoms with Crippen LogP contribution in [0, 0.1) is 11.7 Å². The average molecular weight is 363 g/mol. The molecule has 0 radical (unpaired) electrons. The summed E-state index contributed by atoms with van der Waals surface area (Å²) in [5.41, 5.74) is 8.26. The number of halogens is 1. The SMILES string of the molecule is CC1CCNC(=O)OCc2cc(F)cc(c2)C2NNC3CCC(CC32)O1. The van der Waals surface area contributed by atoms with Crippen molar-refractivity contribution >= 4 is 6.09 Å². The molecule has 1 aromatic carbocycles. The minimum Gasteiger partial charge on any atom is -0.445 e. The van der Waals surface area contributed by atoms with Crippen molar-refractivity contribution in [2.45, 2.75) is 63.5 Å². The Kier molecular flexibility index (Phi) is 5.11. The van der Waals surface area contributed by atoms with Crippen molar-refractivity contribution in [1.29, 1.82) is 0 Å². The molecule has 1 aromatic rings. The lowest BCUT2D eigenvalue weighted by Gasteiger charge is -2.34. The molecule has 3 aliphatic rings. The lowest BCUT2D eigenvalue weighted by molar-refractivity contribution is -0.0380. The Morgan fingerprint density at radius 1 is 1.15 bits per heavy atom. The number of alkyl carbamates (subject to hydrolysis) is 1. The number of benzene rings is 1. The number of rotatable bonds is 0. The number of ether oxygens (including phenoxy) is 2. The highest BCUT2D eigenvalue weighted by Gasteiger charge is 2.41. The van der Waals surface area contributed by atoms with E-state index in [0.717, 1.165) is 31.2 Å². The standard InChI is InChI=1S/C19H26FN3O3/c1-11-4-5-21-19(24)25-10-12-6-13(8-14(20)7-12)18-16-9-15(26-11)2-3-17(16)22-23-18/h6-8,11,15-18,22-23H,2-5,9-10H2,1H3,(H,21,24). The van der Waals surface area contributed by atoms with Gasteiger partial charge in [-0.25, -0.2) is 14.6 Å². The summed E-state index contributed by atoms with van der Waals surface area (Å²) < 4.78 is 25.6. The van der Waals surface area contributed by atoms with Gasteiger partial charge in [-0.2, -0.15) is 0 Å². The Balaban J connectivity index is 1.62. The van der Waals surface area contributed by atoms with Crippen molar-refractivity contribution in [3.8, 4) is 0 Å². The molecule has 4 rings (SSSR count). The molecule has 142 valence electrons. The largest absolute Gasteiger partial charge is 0.445 e. The molecular formula is C19H26FN3O3. The monoisotopic (exact) mass is 363 g/mol. The van der Waals surface area contributed by atoms with Crippen LogP contribution in [0.5, 0.6) is 0 Å². The first-order valence-corrected chi connectivity index (χ1v) is 9.45. The first-order valence-electron chi connectivity index (χ1n) is 9.45. The number of amides is 1. The normalized spacial score (nSPS) is 35.0. The number of hydrogen-bond acceptors (Lipinski definition) is 5. The van der Waals surface area contributed by atoms with E-state index in [-0.39, 0.29) is 30.7 Å². The molecule has 2 heterocycles. The molecule has 6 nitrogen and oxygen atoms in total. The fraction of sp³-hybridized carbons (Fsp3) is 0.632. The predicted molar refractivity (Wildman–Crippen MR) is 93.7 cm³/mol. The van der Waals surface area contributed by atoms with Gasteiger partial charge in [0.2, 0.25) is 0 Å². The minimum absolute atomic E-state index is 0.0233. The van der Waals surface area contributed by atoms with Gasteiger partial charge in [0.25, 0.3) is 0 Å². The van der Waals surface area contributed by atoms with Gasteiger partial charge in [0.05, 0.1) is 18.2 Å². The molecule has 1 amide bonds. The Hall–Kier alpha value is -1.70. The van der Waals surface area contributed by atoms with Gasteiger partial charge in [0.1, 0.15) is 12.4 Å². The zero-order valence-corrected chi connectivity index (χ0v) is 15.0. The maximum absolute atomic E-state index is 14.2. The molecule has 3 N–H and O–H groups in total. The molecule has 4 bridgehead atoms. The van der Waals surface area contributed by atoms with Crippen LogP contribution in [0.4, 0.5) is 9.18 Å². The van der Waals surface area contributed by atoms with E-state index in [9.17, 15) is 9.18 Å². The highest BCUT2D eigenvalue weighted by Crippen LogP contribution is 2.39. The fourth-order valence-corrected chi connectivity index (χ4v) is 4.38. The molecule has 2 fully saturated rings. The summed E-state index contributed by atoms with van der Waals surface area (Å²) in [5, 5.41) is 2.73. The molecule has 7 heteroatoms. The molecule has 5 unspecified atom stereocenters. The predicted octanol–water partition coefficient (Wildman–Crippen LogP) is 2.55. The van der Waals surface area contributed by atoms with Crippen LogP contribution in [0.3, 0.4) is 0 Å². The van der Waals surface area contributed by atoms with E-state index in [1.54, 1.807) is 6.07 Å². The molecule has 2 aliphatic heterocycles. The van der Waals surface area contributed by atoms with Gasteiger partial charge in [0.15, 0.2) is 0 Å². The first-order chi connectivity index (χ1) is 12.6. The highest BCUT2D eigenvalue weighted by atomic mass is 19.1. The van der Waals surface area contributed by atoms with Crippen LogP contribution in [0.25, 0.3) is 0 Å². The third-order valence-electron chi connectivity index (χ3n) is 5.66. The van der Waals surface area contributed by atoms with Gasteiger partial charge < -0.3 is 14.8 Å². The molecule has 0 aromatic heterocycles. The van der Waals surface area contributed by atoms with Gasteiger partial charge in [-0.3, -0.25) is 5.43 Å². The number of hydrogen-bond donors (Lipinski definition) is 3. The lowest BCUT2D eigenvalue weighted by atomic mass is 9.78. The van der Waals surface area contributed by atoms with Crippen LogP contribution < -0.4 is 16.2 Å². The molecule has 5 atom stereocenters. The summed E-state index contributed by atoms with van der Waals surface area (Å²) in [6.07, 6.45) is 3.50. The second kappa shape index (κ2) is 7.50. The van der Waals surface area contributed by atoms with E-state index >= 15 is 0 Å². The number of carbonyl (C=O) groups excluding carboxylic acids is 1. The van der Waals surface area contributed by atoms with Crippen molar-refractivity contribution in [2.75, 3.05) is 6.54 Å². The number of hydrazine groups is 1. The van der Waals surface area contributed by atoms with Crippen molar-refractivity contribution in [3.05, 3.63) is 35.1 Å². The molecule has 26 heavy (non-hydrogen) atoms. The Bertz CT molecular complexity index is 671.